The highest BCUT2D eigenvalue weighted by atomic mass is 16.6. The molecule has 0 aliphatic rings. The normalized spacial score (nSPS) is 10.1. The first-order valence-electron chi connectivity index (χ1n) is 6.86. The number of ether oxygens (including phenoxy) is 2. The second-order valence-corrected chi connectivity index (χ2v) is 4.85. The lowest BCUT2D eigenvalue weighted by molar-refractivity contribution is -0.140. The van der Waals surface area contributed by atoms with Crippen LogP contribution in [-0.4, -0.2) is 17.9 Å². The van der Waals surface area contributed by atoms with Crippen molar-refractivity contribution in [3.63, 3.8) is 0 Å². The van der Waals surface area contributed by atoms with Crippen molar-refractivity contribution in [1.82, 2.24) is 0 Å². The van der Waals surface area contributed by atoms with Crippen molar-refractivity contribution in [2.24, 2.45) is 0 Å². The van der Waals surface area contributed by atoms with E-state index in [1.165, 1.54) is 0 Å². The van der Waals surface area contributed by atoms with Gasteiger partial charge in [0.25, 0.3) is 0 Å². The molecular weight excluding hydrogens is 280 g/mol. The Morgan fingerprint density at radius 3 is 2.09 bits per heavy atom. The van der Waals surface area contributed by atoms with E-state index in [1.54, 1.807) is 19.1 Å². The smallest absolute Gasteiger partial charge is 0.333 e. The molecule has 0 fully saturated rings. The van der Waals surface area contributed by atoms with Crippen LogP contribution >= 0.6 is 0 Å². The Balaban J connectivity index is 2.02. The van der Waals surface area contributed by atoms with Crippen LogP contribution in [0.25, 0.3) is 11.1 Å². The van der Waals surface area contributed by atoms with Gasteiger partial charge in [-0.1, -0.05) is 43.0 Å². The summed E-state index contributed by atoms with van der Waals surface area (Å²) in [7, 11) is 0. The van der Waals surface area contributed by atoms with Crippen LogP contribution < -0.4 is 4.74 Å². The molecule has 0 heterocycles. The van der Waals surface area contributed by atoms with Crippen molar-refractivity contribution < 1.29 is 19.4 Å². The van der Waals surface area contributed by atoms with Gasteiger partial charge in [0, 0.05) is 5.57 Å². The summed E-state index contributed by atoms with van der Waals surface area (Å²) in [6.07, 6.45) is 0. The SMILES string of the molecule is C=C(C)C(=O)OCc1ccc(-c2ccc(OCO)cc2)cc1. The molecule has 0 radical (unpaired) electrons. The largest absolute Gasteiger partial charge is 0.468 e. The van der Waals surface area contributed by atoms with Gasteiger partial charge in [-0.25, -0.2) is 4.79 Å². The molecule has 0 amide bonds. The van der Waals surface area contributed by atoms with Gasteiger partial charge in [-0.2, -0.15) is 0 Å². The second-order valence-electron chi connectivity index (χ2n) is 4.85. The molecule has 0 unspecified atom stereocenters. The summed E-state index contributed by atoms with van der Waals surface area (Å²) in [6.45, 7) is 5.06. The van der Waals surface area contributed by atoms with Gasteiger partial charge in [0.05, 0.1) is 0 Å². The molecule has 2 aromatic rings. The summed E-state index contributed by atoms with van der Waals surface area (Å²) in [4.78, 5) is 11.3. The van der Waals surface area contributed by atoms with E-state index in [4.69, 9.17) is 14.6 Å². The van der Waals surface area contributed by atoms with E-state index in [0.717, 1.165) is 16.7 Å². The van der Waals surface area contributed by atoms with E-state index in [1.807, 2.05) is 36.4 Å². The number of benzene rings is 2. The zero-order valence-electron chi connectivity index (χ0n) is 12.4. The summed E-state index contributed by atoms with van der Waals surface area (Å²) in [5.74, 6) is 0.234. The Kier molecular flexibility index (Phi) is 5.33. The van der Waals surface area contributed by atoms with E-state index in [9.17, 15) is 4.79 Å². The minimum absolute atomic E-state index is 0.231. The quantitative estimate of drug-likeness (QED) is 0.505. The number of hydrogen-bond donors (Lipinski definition) is 1. The predicted molar refractivity (Wildman–Crippen MR) is 84.2 cm³/mol. The molecule has 22 heavy (non-hydrogen) atoms. The third-order valence-corrected chi connectivity index (χ3v) is 3.09. The molecule has 1 N–H and O–H groups in total. The maximum Gasteiger partial charge on any atom is 0.333 e. The van der Waals surface area contributed by atoms with Gasteiger partial charge in [0.1, 0.15) is 12.4 Å². The molecule has 0 saturated heterocycles. The third-order valence-electron chi connectivity index (χ3n) is 3.09. The van der Waals surface area contributed by atoms with Gasteiger partial charge >= 0.3 is 5.97 Å². The van der Waals surface area contributed by atoms with Crippen molar-refractivity contribution in [1.29, 1.82) is 0 Å². The van der Waals surface area contributed by atoms with Crippen molar-refractivity contribution in [3.8, 4) is 16.9 Å². The summed E-state index contributed by atoms with van der Waals surface area (Å²) in [5, 5.41) is 8.70. The van der Waals surface area contributed by atoms with E-state index in [0.29, 0.717) is 11.3 Å². The molecule has 0 aliphatic heterocycles. The third kappa shape index (κ3) is 4.20. The Morgan fingerprint density at radius 2 is 1.59 bits per heavy atom. The number of aliphatic hydroxyl groups excluding tert-OH is 1. The first-order valence-corrected chi connectivity index (χ1v) is 6.86. The average molecular weight is 298 g/mol. The standard InChI is InChI=1S/C18H18O4/c1-13(2)18(20)21-11-14-3-5-15(6-4-14)16-7-9-17(10-8-16)22-12-19/h3-10,19H,1,11-12H2,2H3. The van der Waals surface area contributed by atoms with Crippen molar-refractivity contribution >= 4 is 5.97 Å². The zero-order valence-corrected chi connectivity index (χ0v) is 12.4. The molecule has 2 rings (SSSR count). The van der Waals surface area contributed by atoms with E-state index < -0.39 is 0 Å². The molecule has 0 atom stereocenters. The lowest BCUT2D eigenvalue weighted by Crippen LogP contribution is -2.04. The van der Waals surface area contributed by atoms with Gasteiger partial charge in [0.2, 0.25) is 0 Å². The van der Waals surface area contributed by atoms with Crippen LogP contribution in [0.2, 0.25) is 0 Å². The molecule has 0 aliphatic carbocycles. The summed E-state index contributed by atoms with van der Waals surface area (Å²) >= 11 is 0. The molecule has 114 valence electrons. The van der Waals surface area contributed by atoms with Crippen molar-refractivity contribution in [2.45, 2.75) is 13.5 Å². The molecule has 0 aromatic heterocycles. The van der Waals surface area contributed by atoms with Gasteiger partial charge in [0.15, 0.2) is 6.79 Å². The first kappa shape index (κ1) is 15.8. The number of aliphatic hydroxyl groups is 1. The molecule has 2 aromatic carbocycles. The van der Waals surface area contributed by atoms with Crippen LogP contribution in [-0.2, 0) is 16.1 Å². The fourth-order valence-corrected chi connectivity index (χ4v) is 1.88. The molecule has 0 saturated carbocycles. The Labute approximate surface area is 129 Å². The minimum atomic E-state index is -0.386. The monoisotopic (exact) mass is 298 g/mol. The topological polar surface area (TPSA) is 55.8 Å². The molecular formula is C18H18O4. The first-order chi connectivity index (χ1) is 10.6. The van der Waals surface area contributed by atoms with E-state index >= 15 is 0 Å². The minimum Gasteiger partial charge on any atom is -0.468 e. The summed E-state index contributed by atoms with van der Waals surface area (Å²) < 4.78 is 10.1. The fourth-order valence-electron chi connectivity index (χ4n) is 1.88. The Hall–Kier alpha value is -2.59. The van der Waals surface area contributed by atoms with Gasteiger partial charge < -0.3 is 14.6 Å². The van der Waals surface area contributed by atoms with Crippen LogP contribution in [0.1, 0.15) is 12.5 Å². The lowest BCUT2D eigenvalue weighted by Gasteiger charge is -2.07. The van der Waals surface area contributed by atoms with Crippen LogP contribution in [0.3, 0.4) is 0 Å². The number of carbonyl (C=O) groups is 1. The van der Waals surface area contributed by atoms with Crippen LogP contribution in [0.5, 0.6) is 5.75 Å². The van der Waals surface area contributed by atoms with Crippen molar-refractivity contribution in [3.05, 3.63) is 66.2 Å². The summed E-state index contributed by atoms with van der Waals surface area (Å²) in [6, 6.07) is 15.2. The van der Waals surface area contributed by atoms with Gasteiger partial charge in [-0.05, 0) is 35.7 Å². The number of esters is 1. The Bertz CT molecular complexity index is 642. The lowest BCUT2D eigenvalue weighted by atomic mass is 10.0. The van der Waals surface area contributed by atoms with Crippen LogP contribution in [0.15, 0.2) is 60.7 Å². The van der Waals surface area contributed by atoms with E-state index in [-0.39, 0.29) is 19.4 Å². The highest BCUT2D eigenvalue weighted by molar-refractivity contribution is 5.86. The van der Waals surface area contributed by atoms with Crippen LogP contribution in [0, 0.1) is 0 Å². The molecule has 0 spiro atoms. The van der Waals surface area contributed by atoms with Gasteiger partial charge in [-0.15, -0.1) is 0 Å². The highest BCUT2D eigenvalue weighted by Crippen LogP contribution is 2.23. The maximum absolute atomic E-state index is 11.3. The highest BCUT2D eigenvalue weighted by Gasteiger charge is 2.04. The van der Waals surface area contributed by atoms with Gasteiger partial charge in [-0.3, -0.25) is 0 Å². The van der Waals surface area contributed by atoms with Crippen LogP contribution in [0.4, 0.5) is 0 Å². The van der Waals surface area contributed by atoms with Crippen molar-refractivity contribution in [2.75, 3.05) is 6.79 Å². The summed E-state index contributed by atoms with van der Waals surface area (Å²) in [5.41, 5.74) is 3.39. The fraction of sp³-hybridized carbons (Fsp3) is 0.167. The van der Waals surface area contributed by atoms with E-state index in [2.05, 4.69) is 6.58 Å². The predicted octanol–water partition coefficient (Wildman–Crippen LogP) is 3.30. The molecule has 0 bridgehead atoms. The zero-order chi connectivity index (χ0) is 15.9. The maximum atomic E-state index is 11.3. The number of rotatable bonds is 6. The molecule has 4 heteroatoms. The second kappa shape index (κ2) is 7.43. The number of carbonyl (C=O) groups excluding carboxylic acids is 1. The molecule has 4 nitrogen and oxygen atoms in total. The Morgan fingerprint density at radius 1 is 1.05 bits per heavy atom. The average Bonchev–Trinajstić information content (AvgIpc) is 2.54. The number of hydrogen-bond acceptors (Lipinski definition) is 4.